The molecule has 1 aliphatic rings. The lowest BCUT2D eigenvalue weighted by Gasteiger charge is -2.20. The number of aliphatic hydroxyl groups excluding tert-OH is 1. The molecule has 2 aromatic heterocycles. The van der Waals surface area contributed by atoms with Crippen molar-refractivity contribution in [2.45, 2.75) is 26.0 Å². The van der Waals surface area contributed by atoms with Crippen LogP contribution in [-0.4, -0.2) is 41.3 Å². The summed E-state index contributed by atoms with van der Waals surface area (Å²) in [7, 11) is 2.01. The summed E-state index contributed by atoms with van der Waals surface area (Å²) in [6.45, 7) is 4.45. The maximum atomic E-state index is 9.65. The van der Waals surface area contributed by atoms with Gasteiger partial charge in [-0.1, -0.05) is 0 Å². The summed E-state index contributed by atoms with van der Waals surface area (Å²) >= 11 is 1.76. The molecule has 5 nitrogen and oxygen atoms in total. The molecule has 3 heterocycles. The third-order valence-electron chi connectivity index (χ3n) is 3.81. The molecule has 0 amide bonds. The van der Waals surface area contributed by atoms with E-state index in [1.165, 1.54) is 10.4 Å². The molecular formula is C15H20N4OS. The molecule has 2 aromatic rings. The van der Waals surface area contributed by atoms with Crippen LogP contribution in [0.5, 0.6) is 0 Å². The van der Waals surface area contributed by atoms with E-state index >= 15 is 0 Å². The van der Waals surface area contributed by atoms with Crippen molar-refractivity contribution in [1.29, 1.82) is 0 Å². The summed E-state index contributed by atoms with van der Waals surface area (Å²) in [6.07, 6.45) is 2.36. The number of β-amino-alcohol motifs (C(OH)–C–C–N with tert-alkyl or cyclic N) is 1. The van der Waals surface area contributed by atoms with Crippen molar-refractivity contribution in [1.82, 2.24) is 9.97 Å². The van der Waals surface area contributed by atoms with Crippen LogP contribution in [0.25, 0.3) is 0 Å². The Morgan fingerprint density at radius 1 is 1.48 bits per heavy atom. The van der Waals surface area contributed by atoms with Gasteiger partial charge < -0.3 is 14.9 Å². The predicted octanol–water partition coefficient (Wildman–Crippen LogP) is 2.05. The number of nitrogens with zero attached hydrogens (tertiary/aromatic N) is 4. The summed E-state index contributed by atoms with van der Waals surface area (Å²) in [5.41, 5.74) is 1.31. The molecule has 21 heavy (non-hydrogen) atoms. The molecule has 112 valence electrons. The third-order valence-corrected chi connectivity index (χ3v) is 4.81. The van der Waals surface area contributed by atoms with Gasteiger partial charge in [-0.05, 0) is 36.4 Å². The first kappa shape index (κ1) is 14.3. The summed E-state index contributed by atoms with van der Waals surface area (Å²) in [4.78, 5) is 14.5. The molecule has 0 radical (unpaired) electrons. The van der Waals surface area contributed by atoms with E-state index in [2.05, 4.69) is 38.1 Å². The molecule has 0 spiro atoms. The van der Waals surface area contributed by atoms with Crippen LogP contribution in [0.15, 0.2) is 23.7 Å². The van der Waals surface area contributed by atoms with E-state index < -0.39 is 0 Å². The zero-order valence-electron chi connectivity index (χ0n) is 12.4. The molecule has 0 saturated carbocycles. The van der Waals surface area contributed by atoms with Gasteiger partial charge in [-0.25, -0.2) is 4.98 Å². The van der Waals surface area contributed by atoms with Crippen molar-refractivity contribution >= 4 is 23.1 Å². The van der Waals surface area contributed by atoms with Crippen molar-refractivity contribution in [3.05, 3.63) is 34.2 Å². The van der Waals surface area contributed by atoms with Crippen molar-refractivity contribution < 1.29 is 5.11 Å². The molecule has 1 saturated heterocycles. The molecule has 1 N–H and O–H groups in total. The number of thiophene rings is 1. The normalized spacial score (nSPS) is 18.2. The van der Waals surface area contributed by atoms with Crippen LogP contribution in [0.3, 0.4) is 0 Å². The molecule has 6 heteroatoms. The van der Waals surface area contributed by atoms with E-state index in [4.69, 9.17) is 0 Å². The van der Waals surface area contributed by atoms with E-state index in [0.29, 0.717) is 6.54 Å². The summed E-state index contributed by atoms with van der Waals surface area (Å²) in [5.74, 6) is 1.62. The predicted molar refractivity (Wildman–Crippen MR) is 86.0 cm³/mol. The minimum Gasteiger partial charge on any atom is -0.391 e. The smallest absolute Gasteiger partial charge is 0.227 e. The van der Waals surface area contributed by atoms with Gasteiger partial charge in [0.25, 0.3) is 0 Å². The Balaban J connectivity index is 1.74. The second-order valence-electron chi connectivity index (χ2n) is 5.49. The highest BCUT2D eigenvalue weighted by atomic mass is 32.1. The van der Waals surface area contributed by atoms with E-state index in [0.717, 1.165) is 31.3 Å². The number of rotatable bonds is 4. The molecular weight excluding hydrogens is 284 g/mol. The van der Waals surface area contributed by atoms with Gasteiger partial charge in [0, 0.05) is 31.2 Å². The van der Waals surface area contributed by atoms with Gasteiger partial charge in [-0.2, -0.15) is 4.98 Å². The highest BCUT2D eigenvalue weighted by molar-refractivity contribution is 7.10. The first-order chi connectivity index (χ1) is 10.1. The van der Waals surface area contributed by atoms with Crippen LogP contribution in [0.1, 0.15) is 16.9 Å². The fraction of sp³-hybridized carbons (Fsp3) is 0.467. The highest BCUT2D eigenvalue weighted by Crippen LogP contribution is 2.22. The number of aliphatic hydroxyl groups is 1. The Hall–Kier alpha value is -1.66. The highest BCUT2D eigenvalue weighted by Gasteiger charge is 2.22. The van der Waals surface area contributed by atoms with Crippen molar-refractivity contribution in [2.24, 2.45) is 0 Å². The zero-order chi connectivity index (χ0) is 14.8. The van der Waals surface area contributed by atoms with E-state index in [1.807, 2.05) is 13.1 Å². The van der Waals surface area contributed by atoms with Gasteiger partial charge in [-0.15, -0.1) is 11.3 Å². The quantitative estimate of drug-likeness (QED) is 0.937. The molecule has 0 aromatic carbocycles. The molecule has 1 unspecified atom stereocenters. The lowest BCUT2D eigenvalue weighted by Crippen LogP contribution is -2.24. The minimum atomic E-state index is -0.241. The van der Waals surface area contributed by atoms with Crippen LogP contribution < -0.4 is 9.80 Å². The summed E-state index contributed by atoms with van der Waals surface area (Å²) in [6, 6.07) is 4.04. The number of hydrogen-bond acceptors (Lipinski definition) is 6. The van der Waals surface area contributed by atoms with Crippen molar-refractivity contribution in [3.63, 3.8) is 0 Å². The Kier molecular flexibility index (Phi) is 4.07. The first-order valence-electron chi connectivity index (χ1n) is 7.13. The van der Waals surface area contributed by atoms with Gasteiger partial charge >= 0.3 is 0 Å². The average molecular weight is 304 g/mol. The Morgan fingerprint density at radius 2 is 2.33 bits per heavy atom. The number of anilines is 2. The molecule has 0 bridgehead atoms. The lowest BCUT2D eigenvalue weighted by atomic mass is 10.3. The standard InChI is InChI=1S/C15H20N4OS/c1-11-5-8-21-13(11)10-18(2)15-16-6-3-14(17-15)19-7-4-12(20)9-19/h3,5-6,8,12,20H,4,7,9-10H2,1-2H3. The van der Waals surface area contributed by atoms with Gasteiger partial charge in [0.1, 0.15) is 5.82 Å². The molecule has 1 atom stereocenters. The number of aromatic nitrogens is 2. The van der Waals surface area contributed by atoms with Crippen molar-refractivity contribution in [3.8, 4) is 0 Å². The van der Waals surface area contributed by atoms with Crippen LogP contribution in [0.4, 0.5) is 11.8 Å². The fourth-order valence-corrected chi connectivity index (χ4v) is 3.46. The first-order valence-corrected chi connectivity index (χ1v) is 8.01. The summed E-state index contributed by atoms with van der Waals surface area (Å²) in [5, 5.41) is 11.8. The Labute approximate surface area is 128 Å². The monoisotopic (exact) mass is 304 g/mol. The second-order valence-corrected chi connectivity index (χ2v) is 6.49. The number of hydrogen-bond donors (Lipinski definition) is 1. The van der Waals surface area contributed by atoms with Gasteiger partial charge in [0.05, 0.1) is 12.6 Å². The maximum Gasteiger partial charge on any atom is 0.227 e. The zero-order valence-corrected chi connectivity index (χ0v) is 13.2. The molecule has 1 fully saturated rings. The third kappa shape index (κ3) is 3.16. The van der Waals surface area contributed by atoms with Gasteiger partial charge in [-0.3, -0.25) is 0 Å². The topological polar surface area (TPSA) is 52.5 Å². The van der Waals surface area contributed by atoms with Gasteiger partial charge in [0.2, 0.25) is 5.95 Å². The Bertz CT molecular complexity index is 615. The van der Waals surface area contributed by atoms with E-state index in [-0.39, 0.29) is 6.10 Å². The van der Waals surface area contributed by atoms with Gasteiger partial charge in [0.15, 0.2) is 0 Å². The summed E-state index contributed by atoms with van der Waals surface area (Å²) < 4.78 is 0. The molecule has 3 rings (SSSR count). The largest absolute Gasteiger partial charge is 0.391 e. The van der Waals surface area contributed by atoms with E-state index in [9.17, 15) is 5.11 Å². The maximum absolute atomic E-state index is 9.65. The lowest BCUT2D eigenvalue weighted by molar-refractivity contribution is 0.198. The minimum absolute atomic E-state index is 0.241. The van der Waals surface area contributed by atoms with E-state index in [1.54, 1.807) is 17.5 Å². The van der Waals surface area contributed by atoms with Crippen LogP contribution in [0.2, 0.25) is 0 Å². The number of aryl methyl sites for hydroxylation is 1. The van der Waals surface area contributed by atoms with Crippen LogP contribution >= 0.6 is 11.3 Å². The fourth-order valence-electron chi connectivity index (χ4n) is 2.50. The molecule has 0 aliphatic carbocycles. The Morgan fingerprint density at radius 3 is 3.00 bits per heavy atom. The van der Waals surface area contributed by atoms with Crippen molar-refractivity contribution in [2.75, 3.05) is 29.9 Å². The average Bonchev–Trinajstić information content (AvgIpc) is 3.08. The van der Waals surface area contributed by atoms with Crippen LogP contribution in [-0.2, 0) is 6.54 Å². The SMILES string of the molecule is Cc1ccsc1CN(C)c1nccc(N2CCC(O)C2)n1. The second kappa shape index (κ2) is 5.99. The van der Waals surface area contributed by atoms with Crippen LogP contribution in [0, 0.1) is 6.92 Å². The molecule has 1 aliphatic heterocycles.